The molecule has 84 valence electrons. The van der Waals surface area contributed by atoms with E-state index in [2.05, 4.69) is 9.88 Å². The lowest BCUT2D eigenvalue weighted by atomic mass is 10.1. The molecular formula is C12H15N3O. The lowest BCUT2D eigenvalue weighted by Crippen LogP contribution is -2.29. The van der Waals surface area contributed by atoms with Crippen molar-refractivity contribution in [2.45, 2.75) is 19.3 Å². The Balaban J connectivity index is 2.01. The van der Waals surface area contributed by atoms with Crippen LogP contribution >= 0.6 is 0 Å². The summed E-state index contributed by atoms with van der Waals surface area (Å²) in [5.41, 5.74) is 8.10. The SMILES string of the molecule is Nc1cccc2oc(N3CCCCC3)nc12. The van der Waals surface area contributed by atoms with Gasteiger partial charge in [-0.3, -0.25) is 0 Å². The predicted molar refractivity (Wildman–Crippen MR) is 64.5 cm³/mol. The molecule has 1 fully saturated rings. The minimum Gasteiger partial charge on any atom is -0.423 e. The summed E-state index contributed by atoms with van der Waals surface area (Å²) in [6.45, 7) is 2.07. The largest absolute Gasteiger partial charge is 0.423 e. The molecule has 4 heteroatoms. The number of aromatic nitrogens is 1. The zero-order chi connectivity index (χ0) is 11.0. The third kappa shape index (κ3) is 1.50. The van der Waals surface area contributed by atoms with Crippen LogP contribution in [-0.4, -0.2) is 18.1 Å². The van der Waals surface area contributed by atoms with E-state index >= 15 is 0 Å². The highest BCUT2D eigenvalue weighted by Crippen LogP contribution is 2.27. The third-order valence-corrected chi connectivity index (χ3v) is 3.07. The Hall–Kier alpha value is -1.71. The molecule has 0 radical (unpaired) electrons. The van der Waals surface area contributed by atoms with Gasteiger partial charge in [-0.1, -0.05) is 6.07 Å². The quantitative estimate of drug-likeness (QED) is 0.745. The number of oxazole rings is 1. The molecular weight excluding hydrogens is 202 g/mol. The van der Waals surface area contributed by atoms with Gasteiger partial charge in [-0.05, 0) is 31.4 Å². The fourth-order valence-electron chi connectivity index (χ4n) is 2.18. The number of hydrogen-bond donors (Lipinski definition) is 1. The molecule has 2 aromatic rings. The van der Waals surface area contributed by atoms with E-state index in [9.17, 15) is 0 Å². The van der Waals surface area contributed by atoms with Gasteiger partial charge < -0.3 is 15.1 Å². The molecule has 3 rings (SSSR count). The molecule has 1 aromatic carbocycles. The standard InChI is InChI=1S/C12H15N3O/c13-9-5-4-6-10-11(9)14-12(16-10)15-7-2-1-3-8-15/h4-6H,1-3,7-8,13H2. The van der Waals surface area contributed by atoms with E-state index < -0.39 is 0 Å². The molecule has 2 N–H and O–H groups in total. The van der Waals surface area contributed by atoms with Gasteiger partial charge in [0.2, 0.25) is 0 Å². The first kappa shape index (κ1) is 9.51. The lowest BCUT2D eigenvalue weighted by molar-refractivity contribution is 0.509. The first-order chi connectivity index (χ1) is 7.84. The number of rotatable bonds is 1. The molecule has 0 amide bonds. The fraction of sp³-hybridized carbons (Fsp3) is 0.417. The molecule has 0 unspecified atom stereocenters. The summed E-state index contributed by atoms with van der Waals surface area (Å²) in [6, 6.07) is 6.37. The summed E-state index contributed by atoms with van der Waals surface area (Å²) in [5, 5.41) is 0. The van der Waals surface area contributed by atoms with E-state index in [4.69, 9.17) is 10.2 Å². The van der Waals surface area contributed by atoms with E-state index in [0.717, 1.165) is 24.2 Å². The van der Waals surface area contributed by atoms with Gasteiger partial charge in [0.25, 0.3) is 6.01 Å². The third-order valence-electron chi connectivity index (χ3n) is 3.07. The highest BCUT2D eigenvalue weighted by atomic mass is 16.4. The van der Waals surface area contributed by atoms with Crippen LogP contribution in [0.2, 0.25) is 0 Å². The number of nitrogen functional groups attached to an aromatic ring is 1. The highest BCUT2D eigenvalue weighted by Gasteiger charge is 2.17. The van der Waals surface area contributed by atoms with Crippen LogP contribution in [-0.2, 0) is 0 Å². The first-order valence-electron chi connectivity index (χ1n) is 5.74. The molecule has 0 atom stereocenters. The summed E-state index contributed by atoms with van der Waals surface area (Å²) >= 11 is 0. The van der Waals surface area contributed by atoms with Crippen molar-refractivity contribution >= 4 is 22.8 Å². The van der Waals surface area contributed by atoms with Crippen LogP contribution in [0.1, 0.15) is 19.3 Å². The van der Waals surface area contributed by atoms with Crippen molar-refractivity contribution in [2.24, 2.45) is 0 Å². The normalized spacial score (nSPS) is 16.9. The van der Waals surface area contributed by atoms with E-state index in [1.54, 1.807) is 0 Å². The second-order valence-corrected chi connectivity index (χ2v) is 4.24. The highest BCUT2D eigenvalue weighted by molar-refractivity contribution is 5.86. The number of fused-ring (bicyclic) bond motifs is 1. The van der Waals surface area contributed by atoms with Crippen molar-refractivity contribution in [1.29, 1.82) is 0 Å². The maximum absolute atomic E-state index is 5.86. The van der Waals surface area contributed by atoms with Crippen molar-refractivity contribution in [3.63, 3.8) is 0 Å². The minimum atomic E-state index is 0.685. The Morgan fingerprint density at radius 3 is 2.75 bits per heavy atom. The molecule has 1 saturated heterocycles. The maximum Gasteiger partial charge on any atom is 0.298 e. The van der Waals surface area contributed by atoms with Gasteiger partial charge >= 0.3 is 0 Å². The topological polar surface area (TPSA) is 55.3 Å². The Labute approximate surface area is 94.0 Å². The molecule has 0 bridgehead atoms. The van der Waals surface area contributed by atoms with Gasteiger partial charge in [0, 0.05) is 13.1 Å². The van der Waals surface area contributed by atoms with Crippen LogP contribution in [0.4, 0.5) is 11.7 Å². The molecule has 2 heterocycles. The van der Waals surface area contributed by atoms with Crippen molar-refractivity contribution in [2.75, 3.05) is 23.7 Å². The second kappa shape index (κ2) is 3.70. The zero-order valence-electron chi connectivity index (χ0n) is 9.15. The molecule has 1 aromatic heterocycles. The molecule has 1 aliphatic heterocycles. The summed E-state index contributed by atoms with van der Waals surface area (Å²) < 4.78 is 5.72. The van der Waals surface area contributed by atoms with Crippen molar-refractivity contribution in [3.05, 3.63) is 18.2 Å². The van der Waals surface area contributed by atoms with Gasteiger partial charge in [-0.2, -0.15) is 4.98 Å². The zero-order valence-corrected chi connectivity index (χ0v) is 9.15. The van der Waals surface area contributed by atoms with Crippen LogP contribution in [0.15, 0.2) is 22.6 Å². The molecule has 0 aliphatic carbocycles. The van der Waals surface area contributed by atoms with Gasteiger partial charge in [-0.25, -0.2) is 0 Å². The molecule has 1 aliphatic rings. The number of para-hydroxylation sites is 1. The Kier molecular flexibility index (Phi) is 2.20. The van der Waals surface area contributed by atoms with Gasteiger partial charge in [-0.15, -0.1) is 0 Å². The number of nitrogens with two attached hydrogens (primary N) is 1. The van der Waals surface area contributed by atoms with Gasteiger partial charge in [0.1, 0.15) is 5.52 Å². The molecule has 0 saturated carbocycles. The Morgan fingerprint density at radius 2 is 2.00 bits per heavy atom. The average Bonchev–Trinajstić information content (AvgIpc) is 2.76. The van der Waals surface area contributed by atoms with Crippen LogP contribution in [0.5, 0.6) is 0 Å². The second-order valence-electron chi connectivity index (χ2n) is 4.24. The van der Waals surface area contributed by atoms with Gasteiger partial charge in [0.15, 0.2) is 5.58 Å². The van der Waals surface area contributed by atoms with E-state index in [1.807, 2.05) is 18.2 Å². The predicted octanol–water partition coefficient (Wildman–Crippen LogP) is 2.40. The van der Waals surface area contributed by atoms with E-state index in [-0.39, 0.29) is 0 Å². The monoisotopic (exact) mass is 217 g/mol. The minimum absolute atomic E-state index is 0.685. The first-order valence-corrected chi connectivity index (χ1v) is 5.74. The van der Waals surface area contributed by atoms with Crippen LogP contribution < -0.4 is 10.6 Å². The Bertz CT molecular complexity index is 500. The average molecular weight is 217 g/mol. The number of piperidine rings is 1. The number of benzene rings is 1. The lowest BCUT2D eigenvalue weighted by Gasteiger charge is -2.24. The van der Waals surface area contributed by atoms with Crippen molar-refractivity contribution < 1.29 is 4.42 Å². The van der Waals surface area contributed by atoms with Crippen LogP contribution in [0.3, 0.4) is 0 Å². The molecule has 16 heavy (non-hydrogen) atoms. The summed E-state index contributed by atoms with van der Waals surface area (Å²) in [5.74, 6) is 0. The fourth-order valence-corrected chi connectivity index (χ4v) is 2.18. The molecule has 4 nitrogen and oxygen atoms in total. The number of nitrogens with zero attached hydrogens (tertiary/aromatic N) is 2. The van der Waals surface area contributed by atoms with Gasteiger partial charge in [0.05, 0.1) is 5.69 Å². The summed E-state index contributed by atoms with van der Waals surface area (Å²) in [7, 11) is 0. The van der Waals surface area contributed by atoms with E-state index in [1.165, 1.54) is 19.3 Å². The Morgan fingerprint density at radius 1 is 1.19 bits per heavy atom. The summed E-state index contributed by atoms with van der Waals surface area (Å²) in [4.78, 5) is 6.67. The maximum atomic E-state index is 5.86. The summed E-state index contributed by atoms with van der Waals surface area (Å²) in [6.07, 6.45) is 3.74. The smallest absolute Gasteiger partial charge is 0.298 e. The van der Waals surface area contributed by atoms with Crippen molar-refractivity contribution in [3.8, 4) is 0 Å². The number of anilines is 2. The van der Waals surface area contributed by atoms with Crippen LogP contribution in [0, 0.1) is 0 Å². The van der Waals surface area contributed by atoms with E-state index in [0.29, 0.717) is 11.7 Å². The number of hydrogen-bond acceptors (Lipinski definition) is 4. The van der Waals surface area contributed by atoms with Crippen LogP contribution in [0.25, 0.3) is 11.1 Å². The van der Waals surface area contributed by atoms with Crippen molar-refractivity contribution in [1.82, 2.24) is 4.98 Å². The molecule has 0 spiro atoms.